The monoisotopic (exact) mass is 279 g/mol. The van der Waals surface area contributed by atoms with Crippen molar-refractivity contribution in [3.05, 3.63) is 65.7 Å². The Morgan fingerprint density at radius 2 is 1.81 bits per heavy atom. The van der Waals surface area contributed by atoms with Gasteiger partial charge in [-0.3, -0.25) is 4.79 Å². The number of nitrogens with two attached hydrogens (primary N) is 1. The molecule has 0 bridgehead atoms. The third kappa shape index (κ3) is 1.55. The molecule has 2 atom stereocenters. The molecule has 106 valence electrons. The Morgan fingerprint density at radius 3 is 2.62 bits per heavy atom. The standard InChI is InChI=1S/C18H18N2O/c1-20-15-10-6-5-9-14(15)18(17(20)21)11-12-19-16(18)13-7-3-2-4-8-13/h2-10,16,19H,11-12H2,1H3/p+1/t16-,18-/m1/s1. The van der Waals surface area contributed by atoms with Crippen LogP contribution >= 0.6 is 0 Å². The number of fused-ring (bicyclic) bond motifs is 2. The molecular formula is C18H19N2O+. The zero-order chi connectivity index (χ0) is 14.4. The van der Waals surface area contributed by atoms with Gasteiger partial charge in [-0.1, -0.05) is 48.5 Å². The van der Waals surface area contributed by atoms with Crippen LogP contribution in [-0.4, -0.2) is 19.5 Å². The average Bonchev–Trinajstić information content (AvgIpc) is 3.07. The van der Waals surface area contributed by atoms with Crippen LogP contribution in [0.3, 0.4) is 0 Å². The molecule has 1 saturated heterocycles. The molecule has 3 heteroatoms. The van der Waals surface area contributed by atoms with Crippen LogP contribution in [0.2, 0.25) is 0 Å². The van der Waals surface area contributed by atoms with E-state index in [1.54, 1.807) is 0 Å². The topological polar surface area (TPSA) is 36.9 Å². The number of benzene rings is 2. The summed E-state index contributed by atoms with van der Waals surface area (Å²) in [5.41, 5.74) is 3.11. The molecule has 2 N–H and O–H groups in total. The molecule has 0 saturated carbocycles. The van der Waals surface area contributed by atoms with Gasteiger partial charge in [-0.2, -0.15) is 0 Å². The predicted molar refractivity (Wildman–Crippen MR) is 82.1 cm³/mol. The van der Waals surface area contributed by atoms with Crippen molar-refractivity contribution >= 4 is 11.6 Å². The molecule has 0 aliphatic carbocycles. The zero-order valence-electron chi connectivity index (χ0n) is 12.1. The Bertz CT molecular complexity index is 697. The lowest BCUT2D eigenvalue weighted by Gasteiger charge is -2.27. The fourth-order valence-electron chi connectivity index (χ4n) is 4.12. The first-order valence-corrected chi connectivity index (χ1v) is 7.51. The van der Waals surface area contributed by atoms with Gasteiger partial charge in [-0.05, 0) is 11.6 Å². The summed E-state index contributed by atoms with van der Waals surface area (Å²) in [5.74, 6) is 0.242. The van der Waals surface area contributed by atoms with E-state index in [-0.39, 0.29) is 11.9 Å². The minimum absolute atomic E-state index is 0.178. The van der Waals surface area contributed by atoms with Crippen molar-refractivity contribution < 1.29 is 10.1 Å². The largest absolute Gasteiger partial charge is 0.339 e. The molecule has 1 amide bonds. The first kappa shape index (κ1) is 12.6. The van der Waals surface area contributed by atoms with Crippen LogP contribution in [0, 0.1) is 0 Å². The average molecular weight is 279 g/mol. The number of amides is 1. The first-order valence-electron chi connectivity index (χ1n) is 7.51. The second-order valence-electron chi connectivity index (χ2n) is 6.02. The maximum absolute atomic E-state index is 13.1. The second-order valence-corrected chi connectivity index (χ2v) is 6.02. The van der Waals surface area contributed by atoms with Gasteiger partial charge in [0.1, 0.15) is 11.5 Å². The molecular weight excluding hydrogens is 260 g/mol. The van der Waals surface area contributed by atoms with E-state index < -0.39 is 5.41 Å². The molecule has 21 heavy (non-hydrogen) atoms. The number of rotatable bonds is 1. The lowest BCUT2D eigenvalue weighted by atomic mass is 9.73. The predicted octanol–water partition coefficient (Wildman–Crippen LogP) is 1.61. The van der Waals surface area contributed by atoms with Crippen molar-refractivity contribution in [3.63, 3.8) is 0 Å². The molecule has 2 aliphatic rings. The molecule has 2 aromatic carbocycles. The minimum Gasteiger partial charge on any atom is -0.339 e. The number of likely N-dealkylation sites (N-methyl/N-ethyl adjacent to an activating group) is 1. The summed E-state index contributed by atoms with van der Waals surface area (Å²) in [6.07, 6.45) is 0.909. The van der Waals surface area contributed by atoms with E-state index in [1.165, 1.54) is 11.1 Å². The number of para-hydroxylation sites is 1. The number of hydrogen-bond donors (Lipinski definition) is 1. The van der Waals surface area contributed by atoms with E-state index in [1.807, 2.05) is 30.1 Å². The Morgan fingerprint density at radius 1 is 1.10 bits per heavy atom. The van der Waals surface area contributed by atoms with Gasteiger partial charge in [0, 0.05) is 24.7 Å². The maximum Gasteiger partial charge on any atom is 0.244 e. The van der Waals surface area contributed by atoms with E-state index >= 15 is 0 Å². The molecule has 0 unspecified atom stereocenters. The van der Waals surface area contributed by atoms with Crippen molar-refractivity contribution in [2.24, 2.45) is 0 Å². The van der Waals surface area contributed by atoms with Crippen LogP contribution in [0.1, 0.15) is 23.6 Å². The highest BCUT2D eigenvalue weighted by molar-refractivity contribution is 6.08. The van der Waals surface area contributed by atoms with Crippen LogP contribution in [0.5, 0.6) is 0 Å². The third-order valence-electron chi connectivity index (χ3n) is 5.06. The van der Waals surface area contributed by atoms with Crippen LogP contribution in [0.25, 0.3) is 0 Å². The van der Waals surface area contributed by atoms with E-state index in [0.29, 0.717) is 0 Å². The SMILES string of the molecule is CN1C(=O)[C@]2(CC[NH2+][C@@H]2c2ccccc2)c2ccccc21. The highest BCUT2D eigenvalue weighted by Crippen LogP contribution is 2.50. The normalized spacial score (nSPS) is 27.4. The molecule has 1 spiro atoms. The smallest absolute Gasteiger partial charge is 0.244 e. The summed E-state index contributed by atoms with van der Waals surface area (Å²) in [4.78, 5) is 14.9. The van der Waals surface area contributed by atoms with Crippen LogP contribution in [0.15, 0.2) is 54.6 Å². The second kappa shape index (κ2) is 4.43. The van der Waals surface area contributed by atoms with Gasteiger partial charge in [0.25, 0.3) is 0 Å². The lowest BCUT2D eigenvalue weighted by Crippen LogP contribution is -2.83. The zero-order valence-corrected chi connectivity index (χ0v) is 12.1. The van der Waals surface area contributed by atoms with E-state index in [2.05, 4.69) is 41.7 Å². The van der Waals surface area contributed by atoms with Gasteiger partial charge in [0.15, 0.2) is 0 Å². The molecule has 2 aliphatic heterocycles. The minimum atomic E-state index is -0.396. The van der Waals surface area contributed by atoms with Crippen LogP contribution < -0.4 is 10.2 Å². The fraction of sp³-hybridized carbons (Fsp3) is 0.278. The van der Waals surface area contributed by atoms with E-state index in [9.17, 15) is 4.79 Å². The number of carbonyl (C=O) groups excluding carboxylic acids is 1. The van der Waals surface area contributed by atoms with Crippen LogP contribution in [0.4, 0.5) is 5.69 Å². The van der Waals surface area contributed by atoms with Crippen molar-refractivity contribution in [1.82, 2.24) is 0 Å². The van der Waals surface area contributed by atoms with Gasteiger partial charge < -0.3 is 10.2 Å². The summed E-state index contributed by atoms with van der Waals surface area (Å²) >= 11 is 0. The van der Waals surface area contributed by atoms with Gasteiger partial charge in [0.05, 0.1) is 6.54 Å². The summed E-state index contributed by atoms with van der Waals surface area (Å²) in [5, 5.41) is 2.32. The van der Waals surface area contributed by atoms with E-state index in [4.69, 9.17) is 0 Å². The van der Waals surface area contributed by atoms with Gasteiger partial charge in [0.2, 0.25) is 5.91 Å². The van der Waals surface area contributed by atoms with Crippen molar-refractivity contribution in [2.75, 3.05) is 18.5 Å². The highest BCUT2D eigenvalue weighted by Gasteiger charge is 2.60. The molecule has 2 heterocycles. The molecule has 1 fully saturated rings. The summed E-state index contributed by atoms with van der Waals surface area (Å²) in [6.45, 7) is 0.994. The Balaban J connectivity index is 1.92. The molecule has 2 aromatic rings. The summed E-state index contributed by atoms with van der Waals surface area (Å²) in [6, 6.07) is 18.9. The number of carbonyl (C=O) groups is 1. The van der Waals surface area contributed by atoms with Gasteiger partial charge in [-0.25, -0.2) is 0 Å². The number of quaternary nitrogens is 1. The quantitative estimate of drug-likeness (QED) is 0.846. The Kier molecular flexibility index (Phi) is 2.66. The van der Waals surface area contributed by atoms with Crippen molar-refractivity contribution in [1.29, 1.82) is 0 Å². The van der Waals surface area contributed by atoms with Crippen molar-refractivity contribution in [3.8, 4) is 0 Å². The number of nitrogens with zero attached hydrogens (tertiary/aromatic N) is 1. The molecule has 0 aromatic heterocycles. The van der Waals surface area contributed by atoms with Crippen LogP contribution in [-0.2, 0) is 10.2 Å². The molecule has 3 nitrogen and oxygen atoms in total. The van der Waals surface area contributed by atoms with Crippen molar-refractivity contribution in [2.45, 2.75) is 17.9 Å². The lowest BCUT2D eigenvalue weighted by molar-refractivity contribution is -0.679. The first-order chi connectivity index (χ1) is 10.2. The van der Waals surface area contributed by atoms with E-state index in [0.717, 1.165) is 18.7 Å². The fourth-order valence-corrected chi connectivity index (χ4v) is 4.12. The maximum atomic E-state index is 13.1. The highest BCUT2D eigenvalue weighted by atomic mass is 16.2. The molecule has 0 radical (unpaired) electrons. The summed E-state index contributed by atoms with van der Waals surface area (Å²) in [7, 11) is 1.90. The number of hydrogen-bond acceptors (Lipinski definition) is 1. The van der Waals surface area contributed by atoms with Gasteiger partial charge in [-0.15, -0.1) is 0 Å². The van der Waals surface area contributed by atoms with Gasteiger partial charge >= 0.3 is 0 Å². The molecule has 4 rings (SSSR count). The third-order valence-corrected chi connectivity index (χ3v) is 5.06. The Hall–Kier alpha value is -2.13. The Labute approximate surface area is 124 Å². The summed E-state index contributed by atoms with van der Waals surface area (Å²) < 4.78 is 0. The number of anilines is 1.